The average Bonchev–Trinajstić information content (AvgIpc) is 2.98. The van der Waals surface area contributed by atoms with Crippen LogP contribution in [0.4, 0.5) is 4.79 Å². The quantitative estimate of drug-likeness (QED) is 0.583. The van der Waals surface area contributed by atoms with Gasteiger partial charge in [-0.15, -0.1) is 0 Å². The van der Waals surface area contributed by atoms with Gasteiger partial charge in [-0.05, 0) is 12.8 Å². The number of aryl methyl sites for hydroxylation is 1. The van der Waals surface area contributed by atoms with Crippen LogP contribution in [0.5, 0.6) is 0 Å². The van der Waals surface area contributed by atoms with Crippen molar-refractivity contribution in [2.45, 2.75) is 31.5 Å². The molecule has 0 aliphatic carbocycles. The molecule has 9 nitrogen and oxygen atoms in total. The second kappa shape index (κ2) is 5.34. The standard InChI is InChI=1S/C12H17N5O4/c1-15-7-13-4-9(15)6-21-14-11(18)10-3-2-8-5-16(10)12(19)17(8)20/h4,7-8,10,20H,2-3,5-6H2,1H3,(H,14,18)/t8-,10+/m1/s1. The van der Waals surface area contributed by atoms with E-state index >= 15 is 0 Å². The molecule has 1 aromatic heterocycles. The van der Waals surface area contributed by atoms with E-state index in [1.54, 1.807) is 17.1 Å². The molecule has 2 bridgehead atoms. The van der Waals surface area contributed by atoms with Crippen LogP contribution in [0.3, 0.4) is 0 Å². The summed E-state index contributed by atoms with van der Waals surface area (Å²) in [6.07, 6.45) is 4.39. The number of hydroxylamine groups is 3. The van der Waals surface area contributed by atoms with E-state index < -0.39 is 12.1 Å². The van der Waals surface area contributed by atoms with Crippen molar-refractivity contribution in [2.75, 3.05) is 6.54 Å². The van der Waals surface area contributed by atoms with Gasteiger partial charge in [-0.3, -0.25) is 14.8 Å². The number of nitrogens with one attached hydrogen (secondary N) is 1. The largest absolute Gasteiger partial charge is 0.344 e. The van der Waals surface area contributed by atoms with Crippen LogP contribution in [0.2, 0.25) is 0 Å². The van der Waals surface area contributed by atoms with Gasteiger partial charge in [-0.1, -0.05) is 0 Å². The summed E-state index contributed by atoms with van der Waals surface area (Å²) in [6, 6.07) is -1.33. The molecule has 2 aliphatic rings. The summed E-state index contributed by atoms with van der Waals surface area (Å²) in [5, 5.41) is 10.3. The maximum absolute atomic E-state index is 12.1. The number of hydrogen-bond acceptors (Lipinski definition) is 5. The van der Waals surface area contributed by atoms with E-state index in [4.69, 9.17) is 4.84 Å². The molecule has 3 rings (SSSR count). The molecule has 2 aliphatic heterocycles. The van der Waals surface area contributed by atoms with Gasteiger partial charge in [-0.2, -0.15) is 0 Å². The number of carbonyl (C=O) groups is 2. The van der Waals surface area contributed by atoms with Gasteiger partial charge in [0.25, 0.3) is 5.91 Å². The fourth-order valence-electron chi connectivity index (χ4n) is 2.70. The summed E-state index contributed by atoms with van der Waals surface area (Å²) in [5.74, 6) is -0.376. The predicted molar refractivity (Wildman–Crippen MR) is 68.7 cm³/mol. The predicted octanol–water partition coefficient (Wildman–Crippen LogP) is -0.374. The van der Waals surface area contributed by atoms with Crippen LogP contribution < -0.4 is 5.48 Å². The molecule has 9 heteroatoms. The monoisotopic (exact) mass is 295 g/mol. The molecule has 0 unspecified atom stereocenters. The SMILES string of the molecule is Cn1cncc1CONC(=O)[C@@H]1CC[C@@H]2CN1C(=O)N2O. The maximum atomic E-state index is 12.1. The Balaban J connectivity index is 1.54. The fourth-order valence-corrected chi connectivity index (χ4v) is 2.70. The fraction of sp³-hybridized carbons (Fsp3) is 0.583. The van der Waals surface area contributed by atoms with Crippen LogP contribution in [0.1, 0.15) is 18.5 Å². The molecule has 2 N–H and O–H groups in total. The van der Waals surface area contributed by atoms with Crippen LogP contribution in [0.25, 0.3) is 0 Å². The summed E-state index contributed by atoms with van der Waals surface area (Å²) in [5.41, 5.74) is 3.18. The Morgan fingerprint density at radius 3 is 3.10 bits per heavy atom. The van der Waals surface area contributed by atoms with Crippen LogP contribution in [0, 0.1) is 0 Å². The molecule has 3 heterocycles. The molecule has 21 heavy (non-hydrogen) atoms. The van der Waals surface area contributed by atoms with E-state index in [-0.39, 0.29) is 18.6 Å². The van der Waals surface area contributed by atoms with Crippen molar-refractivity contribution in [1.29, 1.82) is 0 Å². The number of nitrogens with zero attached hydrogens (tertiary/aromatic N) is 4. The number of fused-ring (bicyclic) bond motifs is 2. The van der Waals surface area contributed by atoms with Gasteiger partial charge in [0.1, 0.15) is 12.6 Å². The molecule has 3 amide bonds. The molecular weight excluding hydrogens is 278 g/mol. The summed E-state index contributed by atoms with van der Waals surface area (Å²) >= 11 is 0. The third-order valence-corrected chi connectivity index (χ3v) is 3.96. The summed E-state index contributed by atoms with van der Waals surface area (Å²) < 4.78 is 1.78. The summed E-state index contributed by atoms with van der Waals surface area (Å²) in [6.45, 7) is 0.562. The van der Waals surface area contributed by atoms with Gasteiger partial charge >= 0.3 is 6.03 Å². The first-order chi connectivity index (χ1) is 10.1. The van der Waals surface area contributed by atoms with Crippen molar-refractivity contribution in [1.82, 2.24) is 25.0 Å². The van der Waals surface area contributed by atoms with Gasteiger partial charge < -0.3 is 9.47 Å². The summed E-state index contributed by atoms with van der Waals surface area (Å²) in [7, 11) is 1.83. The number of imidazole rings is 1. The van der Waals surface area contributed by atoms with Crippen molar-refractivity contribution in [2.24, 2.45) is 7.05 Å². The van der Waals surface area contributed by atoms with Crippen LogP contribution in [-0.2, 0) is 23.3 Å². The highest BCUT2D eigenvalue weighted by atomic mass is 16.7. The lowest BCUT2D eigenvalue weighted by molar-refractivity contribution is -0.140. The summed E-state index contributed by atoms with van der Waals surface area (Å²) in [4.78, 5) is 34.4. The van der Waals surface area contributed by atoms with Crippen molar-refractivity contribution >= 4 is 11.9 Å². The maximum Gasteiger partial charge on any atom is 0.344 e. The lowest BCUT2D eigenvalue weighted by Crippen LogP contribution is -2.49. The second-order valence-electron chi connectivity index (χ2n) is 5.28. The minimum absolute atomic E-state index is 0.192. The Kier molecular flexibility index (Phi) is 3.52. The van der Waals surface area contributed by atoms with Gasteiger partial charge in [0.05, 0.1) is 24.3 Å². The number of rotatable bonds is 4. The number of aromatic nitrogens is 2. The van der Waals surface area contributed by atoms with Gasteiger partial charge in [0.15, 0.2) is 0 Å². The van der Waals surface area contributed by atoms with E-state index in [1.807, 2.05) is 7.05 Å². The zero-order chi connectivity index (χ0) is 15.0. The lowest BCUT2D eigenvalue weighted by Gasteiger charge is -2.28. The number of amides is 3. The first kappa shape index (κ1) is 13.8. The highest BCUT2D eigenvalue weighted by molar-refractivity contribution is 5.87. The topological polar surface area (TPSA) is 99.9 Å². The number of urea groups is 1. The third kappa shape index (κ3) is 2.45. The zero-order valence-corrected chi connectivity index (χ0v) is 11.6. The lowest BCUT2D eigenvalue weighted by atomic mass is 10.0. The molecule has 0 spiro atoms. The van der Waals surface area contributed by atoms with Gasteiger partial charge in [-0.25, -0.2) is 20.3 Å². The van der Waals surface area contributed by atoms with Gasteiger partial charge in [0, 0.05) is 13.6 Å². The molecule has 0 saturated carbocycles. The first-order valence-corrected chi connectivity index (χ1v) is 6.73. The van der Waals surface area contributed by atoms with E-state index in [1.165, 1.54) is 4.90 Å². The molecule has 2 fully saturated rings. The molecule has 0 aromatic carbocycles. The average molecular weight is 295 g/mol. The molecule has 1 aromatic rings. The smallest absolute Gasteiger partial charge is 0.336 e. The highest BCUT2D eigenvalue weighted by Crippen LogP contribution is 2.28. The number of piperidine rings is 1. The Morgan fingerprint density at radius 2 is 2.38 bits per heavy atom. The van der Waals surface area contributed by atoms with Crippen LogP contribution in [-0.4, -0.2) is 55.3 Å². The minimum atomic E-state index is -0.600. The van der Waals surface area contributed by atoms with Crippen molar-refractivity contribution in [3.63, 3.8) is 0 Å². The second-order valence-corrected chi connectivity index (χ2v) is 5.28. The zero-order valence-electron chi connectivity index (χ0n) is 11.6. The van der Waals surface area contributed by atoms with Gasteiger partial charge in [0.2, 0.25) is 0 Å². The third-order valence-electron chi connectivity index (χ3n) is 3.96. The normalized spacial score (nSPS) is 24.6. The van der Waals surface area contributed by atoms with Crippen molar-refractivity contribution in [3.8, 4) is 0 Å². The Bertz CT molecular complexity index is 560. The van der Waals surface area contributed by atoms with E-state index in [0.717, 1.165) is 5.69 Å². The molecular formula is C12H17N5O4. The molecule has 2 saturated heterocycles. The molecule has 114 valence electrons. The van der Waals surface area contributed by atoms with E-state index in [0.29, 0.717) is 24.4 Å². The van der Waals surface area contributed by atoms with E-state index in [2.05, 4.69) is 10.5 Å². The molecule has 0 radical (unpaired) electrons. The Morgan fingerprint density at radius 1 is 1.57 bits per heavy atom. The van der Waals surface area contributed by atoms with Crippen LogP contribution in [0.15, 0.2) is 12.5 Å². The highest BCUT2D eigenvalue weighted by Gasteiger charge is 2.46. The molecule has 2 atom stereocenters. The first-order valence-electron chi connectivity index (χ1n) is 6.73. The minimum Gasteiger partial charge on any atom is -0.336 e. The van der Waals surface area contributed by atoms with E-state index in [9.17, 15) is 14.8 Å². The number of hydrogen-bond donors (Lipinski definition) is 2. The van der Waals surface area contributed by atoms with Crippen LogP contribution >= 0.6 is 0 Å². The Hall–Kier alpha value is -2.13. The Labute approximate surface area is 121 Å². The van der Waals surface area contributed by atoms with Crippen molar-refractivity contribution in [3.05, 3.63) is 18.2 Å². The number of carbonyl (C=O) groups excluding carboxylic acids is 2. The van der Waals surface area contributed by atoms with Crippen molar-refractivity contribution < 1.29 is 19.6 Å².